The fraction of sp³-hybridized carbons (Fsp3) is 0.290. The van der Waals surface area contributed by atoms with Gasteiger partial charge in [0, 0.05) is 60.0 Å². The molecule has 9 nitrogen and oxygen atoms in total. The number of benzene rings is 1. The van der Waals surface area contributed by atoms with Crippen molar-refractivity contribution in [3.05, 3.63) is 78.1 Å². The molecule has 4 heterocycles. The Hall–Kier alpha value is -4.44. The fourth-order valence-corrected chi connectivity index (χ4v) is 6.14. The van der Waals surface area contributed by atoms with Crippen LogP contribution in [0, 0.1) is 5.92 Å². The van der Waals surface area contributed by atoms with Gasteiger partial charge in [0.2, 0.25) is 11.8 Å². The number of aliphatic carboxylic acids is 1. The molecule has 2 fully saturated rings. The normalized spacial score (nSPS) is 15.6. The molecule has 6 rings (SSSR count). The highest BCUT2D eigenvalue weighted by Gasteiger charge is 2.39. The number of hydrogen-bond donors (Lipinski definition) is 1. The van der Waals surface area contributed by atoms with Crippen LogP contribution in [0.25, 0.3) is 22.4 Å². The van der Waals surface area contributed by atoms with E-state index < -0.39 is 11.9 Å². The van der Waals surface area contributed by atoms with Gasteiger partial charge in [0.15, 0.2) is 5.13 Å². The second-order valence-electron chi connectivity index (χ2n) is 10.4. The number of anilines is 2. The summed E-state index contributed by atoms with van der Waals surface area (Å²) in [5, 5.41) is 12.1. The Morgan fingerprint density at radius 1 is 1.05 bits per heavy atom. The van der Waals surface area contributed by atoms with Gasteiger partial charge in [0.1, 0.15) is 5.82 Å². The summed E-state index contributed by atoms with van der Waals surface area (Å²) in [5.41, 5.74) is 4.17. The molecule has 208 valence electrons. The number of thiazole rings is 1. The summed E-state index contributed by atoms with van der Waals surface area (Å²) in [6.07, 6.45) is 6.53. The Bertz CT molecular complexity index is 1570. The predicted octanol–water partition coefficient (Wildman–Crippen LogP) is 5.22. The molecule has 1 aliphatic heterocycles. The molecule has 1 saturated carbocycles. The van der Waals surface area contributed by atoms with Crippen molar-refractivity contribution >= 4 is 40.1 Å². The van der Waals surface area contributed by atoms with Gasteiger partial charge in [-0.3, -0.25) is 29.2 Å². The average Bonchev–Trinajstić information content (AvgIpc) is 3.53. The van der Waals surface area contributed by atoms with Crippen molar-refractivity contribution in [3.8, 4) is 22.4 Å². The number of hydrogen-bond acceptors (Lipinski definition) is 7. The van der Waals surface area contributed by atoms with Crippen LogP contribution in [-0.2, 0) is 20.8 Å². The molecule has 1 aliphatic carbocycles. The lowest BCUT2D eigenvalue weighted by Crippen LogP contribution is -2.39. The minimum atomic E-state index is -1.02. The van der Waals surface area contributed by atoms with Gasteiger partial charge in [-0.1, -0.05) is 30.3 Å². The lowest BCUT2D eigenvalue weighted by atomic mass is 9.97. The third kappa shape index (κ3) is 5.88. The molecule has 1 unspecified atom stereocenters. The minimum Gasteiger partial charge on any atom is -0.481 e. The van der Waals surface area contributed by atoms with Crippen molar-refractivity contribution in [3.63, 3.8) is 0 Å². The van der Waals surface area contributed by atoms with Gasteiger partial charge in [-0.2, -0.15) is 0 Å². The quantitative estimate of drug-likeness (QED) is 0.279. The number of carbonyl (C=O) groups excluding carboxylic acids is 2. The Balaban J connectivity index is 1.28. The van der Waals surface area contributed by atoms with Crippen LogP contribution in [0.4, 0.5) is 10.9 Å². The Morgan fingerprint density at radius 2 is 1.85 bits per heavy atom. The van der Waals surface area contributed by atoms with E-state index in [-0.39, 0.29) is 30.7 Å². The smallest absolute Gasteiger partial charge is 0.304 e. The van der Waals surface area contributed by atoms with E-state index in [1.165, 1.54) is 11.3 Å². The van der Waals surface area contributed by atoms with E-state index in [0.717, 1.165) is 41.6 Å². The third-order valence-electron chi connectivity index (χ3n) is 7.41. The van der Waals surface area contributed by atoms with Crippen LogP contribution >= 0.6 is 11.3 Å². The van der Waals surface area contributed by atoms with Gasteiger partial charge in [0.25, 0.3) is 0 Å². The maximum absolute atomic E-state index is 13.8. The van der Waals surface area contributed by atoms with Gasteiger partial charge in [-0.05, 0) is 49.1 Å². The van der Waals surface area contributed by atoms with Crippen molar-refractivity contribution in [1.29, 1.82) is 0 Å². The Kier molecular flexibility index (Phi) is 7.56. The Morgan fingerprint density at radius 3 is 2.51 bits per heavy atom. The Labute approximate surface area is 241 Å². The monoisotopic (exact) mass is 567 g/mol. The van der Waals surface area contributed by atoms with Gasteiger partial charge >= 0.3 is 5.97 Å². The summed E-state index contributed by atoms with van der Waals surface area (Å²) in [4.78, 5) is 54.9. The third-order valence-corrected chi connectivity index (χ3v) is 8.25. The zero-order chi connectivity index (χ0) is 28.3. The number of rotatable bonds is 10. The molecule has 0 radical (unpaired) electrons. The number of amides is 2. The van der Waals surface area contributed by atoms with Crippen LogP contribution < -0.4 is 9.80 Å². The van der Waals surface area contributed by atoms with E-state index in [1.54, 1.807) is 28.3 Å². The molecule has 0 spiro atoms. The van der Waals surface area contributed by atoms with Crippen LogP contribution in [0.3, 0.4) is 0 Å². The van der Waals surface area contributed by atoms with E-state index in [9.17, 15) is 19.5 Å². The average molecular weight is 568 g/mol. The van der Waals surface area contributed by atoms with Crippen molar-refractivity contribution in [1.82, 2.24) is 15.0 Å². The summed E-state index contributed by atoms with van der Waals surface area (Å²) in [7, 11) is 0. The second-order valence-corrected chi connectivity index (χ2v) is 11.2. The summed E-state index contributed by atoms with van der Waals surface area (Å²) < 4.78 is 0. The maximum Gasteiger partial charge on any atom is 0.304 e. The van der Waals surface area contributed by atoms with E-state index in [4.69, 9.17) is 4.98 Å². The molecule has 1 aromatic carbocycles. The lowest BCUT2D eigenvalue weighted by molar-refractivity contribution is -0.140. The molecule has 3 aromatic heterocycles. The van der Waals surface area contributed by atoms with Gasteiger partial charge in [-0.15, -0.1) is 11.3 Å². The zero-order valence-corrected chi connectivity index (χ0v) is 23.2. The molecule has 4 aromatic rings. The summed E-state index contributed by atoms with van der Waals surface area (Å²) >= 11 is 1.39. The number of nitrogens with zero attached hydrogens (tertiary/aromatic N) is 5. The number of aromatic nitrogens is 3. The molecule has 1 N–H and O–H groups in total. The second kappa shape index (κ2) is 11.6. The first-order chi connectivity index (χ1) is 20.0. The van der Waals surface area contributed by atoms with E-state index in [1.807, 2.05) is 53.9 Å². The van der Waals surface area contributed by atoms with Gasteiger partial charge in [0.05, 0.1) is 18.0 Å². The van der Waals surface area contributed by atoms with Crippen LogP contribution in [-0.4, -0.2) is 50.4 Å². The van der Waals surface area contributed by atoms with Crippen molar-refractivity contribution < 1.29 is 19.5 Å². The highest BCUT2D eigenvalue weighted by atomic mass is 32.1. The van der Waals surface area contributed by atoms with Crippen molar-refractivity contribution in [2.75, 3.05) is 16.3 Å². The molecular formula is C31H29N5O4S. The van der Waals surface area contributed by atoms with Crippen molar-refractivity contribution in [2.45, 2.75) is 44.6 Å². The van der Waals surface area contributed by atoms with E-state index >= 15 is 0 Å². The number of carboxylic acids is 1. The van der Waals surface area contributed by atoms with Gasteiger partial charge in [-0.25, -0.2) is 9.97 Å². The lowest BCUT2D eigenvalue weighted by Gasteiger charge is -2.24. The summed E-state index contributed by atoms with van der Waals surface area (Å²) in [5.74, 6) is -1.23. The fourth-order valence-electron chi connectivity index (χ4n) is 5.24. The first-order valence-corrected chi connectivity index (χ1v) is 14.6. The summed E-state index contributed by atoms with van der Waals surface area (Å²) in [6.45, 7) is 0.689. The topological polar surface area (TPSA) is 117 Å². The van der Waals surface area contributed by atoms with E-state index in [0.29, 0.717) is 29.6 Å². The largest absolute Gasteiger partial charge is 0.481 e. The standard InChI is InChI=1S/C31H29N5O4S/c37-28-9-5-15-35(28)27-13-10-20(18-33-27)24-7-1-2-8-25(24)26-19-41-31(34-26)36(23-11-12-23)30(40)21(17-29(38)39)16-22-6-3-4-14-32-22/h1-4,6-8,10,13-14,18-19,21,23H,5,9,11-12,15-17H2,(H,38,39). The maximum atomic E-state index is 13.8. The molecule has 10 heteroatoms. The van der Waals surface area contributed by atoms with Crippen LogP contribution in [0.5, 0.6) is 0 Å². The van der Waals surface area contributed by atoms with Gasteiger partial charge < -0.3 is 5.11 Å². The van der Waals surface area contributed by atoms with E-state index in [2.05, 4.69) is 9.97 Å². The molecule has 1 atom stereocenters. The number of carbonyl (C=O) groups is 3. The number of carboxylic acid groups (broad SMARTS) is 1. The van der Waals surface area contributed by atoms with Crippen LogP contribution in [0.15, 0.2) is 72.4 Å². The number of pyridine rings is 2. The molecule has 2 aliphatic rings. The minimum absolute atomic E-state index is 0.0156. The molecule has 0 bridgehead atoms. The molecule has 2 amide bonds. The highest BCUT2D eigenvalue weighted by Crippen LogP contribution is 2.39. The first kappa shape index (κ1) is 26.8. The molecule has 1 saturated heterocycles. The first-order valence-electron chi connectivity index (χ1n) is 13.7. The SMILES string of the molecule is O=C(O)CC(Cc1ccccn1)C(=O)N(c1nc(-c2ccccc2-c2ccc(N3CCCC3=O)nc2)cs1)C1CC1. The highest BCUT2D eigenvalue weighted by molar-refractivity contribution is 7.14. The predicted molar refractivity (Wildman–Crippen MR) is 157 cm³/mol. The zero-order valence-electron chi connectivity index (χ0n) is 22.3. The summed E-state index contributed by atoms with van der Waals surface area (Å²) in [6, 6.07) is 17.2. The molecule has 41 heavy (non-hydrogen) atoms. The molecular weight excluding hydrogens is 538 g/mol. The van der Waals surface area contributed by atoms with Crippen LogP contribution in [0.2, 0.25) is 0 Å². The van der Waals surface area contributed by atoms with Crippen LogP contribution in [0.1, 0.15) is 37.8 Å². The van der Waals surface area contributed by atoms with Crippen molar-refractivity contribution in [2.24, 2.45) is 5.92 Å².